The highest BCUT2D eigenvalue weighted by Gasteiger charge is 2.17. The molecule has 1 unspecified atom stereocenters. The molecule has 0 radical (unpaired) electrons. The lowest BCUT2D eigenvalue weighted by Crippen LogP contribution is -2.20. The summed E-state index contributed by atoms with van der Waals surface area (Å²) in [6.07, 6.45) is 1.29. The van der Waals surface area contributed by atoms with Crippen LogP contribution in [0.5, 0.6) is 0 Å². The molecule has 1 heterocycles. The maximum absolute atomic E-state index is 11.4. The summed E-state index contributed by atoms with van der Waals surface area (Å²) in [5.41, 5.74) is 11.4. The molecular formula is C17H17ClN2O. The van der Waals surface area contributed by atoms with Gasteiger partial charge in [-0.15, -0.1) is 0 Å². The molecule has 0 saturated carbocycles. The van der Waals surface area contributed by atoms with Gasteiger partial charge in [-0.05, 0) is 47.7 Å². The topological polar surface area (TPSA) is 55.1 Å². The van der Waals surface area contributed by atoms with E-state index in [1.165, 1.54) is 0 Å². The van der Waals surface area contributed by atoms with Gasteiger partial charge in [0.1, 0.15) is 0 Å². The number of anilines is 1. The molecule has 3 rings (SSSR count). The highest BCUT2D eigenvalue weighted by atomic mass is 35.5. The van der Waals surface area contributed by atoms with Crippen molar-refractivity contribution in [3.05, 3.63) is 63.7 Å². The molecule has 0 fully saturated rings. The van der Waals surface area contributed by atoms with E-state index in [4.69, 9.17) is 17.3 Å². The van der Waals surface area contributed by atoms with Crippen LogP contribution in [0.1, 0.15) is 34.7 Å². The van der Waals surface area contributed by atoms with Gasteiger partial charge in [0.2, 0.25) is 5.91 Å². The Morgan fingerprint density at radius 3 is 2.62 bits per heavy atom. The minimum absolute atomic E-state index is 0.0739. The van der Waals surface area contributed by atoms with Crippen LogP contribution in [0.3, 0.4) is 0 Å². The van der Waals surface area contributed by atoms with Crippen LogP contribution in [0.4, 0.5) is 5.69 Å². The number of hydrogen-bond acceptors (Lipinski definition) is 2. The van der Waals surface area contributed by atoms with Gasteiger partial charge < -0.3 is 11.1 Å². The van der Waals surface area contributed by atoms with Crippen molar-refractivity contribution in [1.82, 2.24) is 0 Å². The lowest BCUT2D eigenvalue weighted by molar-refractivity contribution is -0.116. The lowest BCUT2D eigenvalue weighted by Gasteiger charge is -2.20. The Balaban J connectivity index is 1.93. The molecule has 1 amide bonds. The lowest BCUT2D eigenvalue weighted by atomic mass is 9.94. The molecule has 108 valence electrons. The van der Waals surface area contributed by atoms with Crippen molar-refractivity contribution < 1.29 is 4.79 Å². The number of benzene rings is 2. The van der Waals surface area contributed by atoms with E-state index < -0.39 is 0 Å². The molecule has 1 atom stereocenters. The van der Waals surface area contributed by atoms with Crippen molar-refractivity contribution in [1.29, 1.82) is 0 Å². The molecule has 2 aromatic carbocycles. The van der Waals surface area contributed by atoms with Gasteiger partial charge in [-0.25, -0.2) is 0 Å². The molecular weight excluding hydrogens is 284 g/mol. The Hall–Kier alpha value is -1.84. The number of nitrogens with two attached hydrogens (primary N) is 1. The van der Waals surface area contributed by atoms with Gasteiger partial charge >= 0.3 is 0 Å². The van der Waals surface area contributed by atoms with E-state index in [-0.39, 0.29) is 11.9 Å². The number of carbonyl (C=O) groups is 1. The summed E-state index contributed by atoms with van der Waals surface area (Å²) >= 11 is 6.17. The molecule has 3 nitrogen and oxygen atoms in total. The number of nitrogens with one attached hydrogen (secondary N) is 1. The summed E-state index contributed by atoms with van der Waals surface area (Å²) < 4.78 is 0. The van der Waals surface area contributed by atoms with Gasteiger partial charge in [0.05, 0.1) is 6.04 Å². The molecule has 0 saturated heterocycles. The predicted octanol–water partition coefficient (Wildman–Crippen LogP) is 3.58. The van der Waals surface area contributed by atoms with Crippen LogP contribution in [0.25, 0.3) is 0 Å². The largest absolute Gasteiger partial charge is 0.326 e. The zero-order valence-electron chi connectivity index (χ0n) is 11.8. The Kier molecular flexibility index (Phi) is 3.70. The fourth-order valence-corrected chi connectivity index (χ4v) is 2.78. The number of amides is 1. The predicted molar refractivity (Wildman–Crippen MR) is 85.6 cm³/mol. The molecule has 1 aliphatic heterocycles. The summed E-state index contributed by atoms with van der Waals surface area (Å²) in [5, 5.41) is 3.61. The number of carbonyl (C=O) groups excluding carboxylic acids is 1. The molecule has 21 heavy (non-hydrogen) atoms. The SMILES string of the molecule is Cc1ccc(C(N)c2ccc3c(c2)CCC(=O)N3)cc1Cl. The third-order valence-electron chi connectivity index (χ3n) is 3.94. The van der Waals surface area contributed by atoms with E-state index >= 15 is 0 Å². The third-order valence-corrected chi connectivity index (χ3v) is 4.35. The van der Waals surface area contributed by atoms with E-state index in [0.29, 0.717) is 6.42 Å². The second-order valence-corrected chi connectivity index (χ2v) is 5.86. The fourth-order valence-electron chi connectivity index (χ4n) is 2.59. The monoisotopic (exact) mass is 300 g/mol. The molecule has 0 spiro atoms. The maximum Gasteiger partial charge on any atom is 0.224 e. The van der Waals surface area contributed by atoms with Crippen molar-refractivity contribution in [2.45, 2.75) is 25.8 Å². The highest BCUT2D eigenvalue weighted by molar-refractivity contribution is 6.31. The second kappa shape index (κ2) is 5.51. The van der Waals surface area contributed by atoms with Crippen LogP contribution in [-0.2, 0) is 11.2 Å². The van der Waals surface area contributed by atoms with E-state index in [1.54, 1.807) is 0 Å². The average molecular weight is 301 g/mol. The Morgan fingerprint density at radius 2 is 1.86 bits per heavy atom. The molecule has 0 bridgehead atoms. The van der Waals surface area contributed by atoms with Gasteiger partial charge in [-0.3, -0.25) is 4.79 Å². The highest BCUT2D eigenvalue weighted by Crippen LogP contribution is 2.29. The number of rotatable bonds is 2. The third kappa shape index (κ3) is 2.80. The Morgan fingerprint density at radius 1 is 1.14 bits per heavy atom. The van der Waals surface area contributed by atoms with Crippen molar-refractivity contribution in [3.8, 4) is 0 Å². The Labute approximate surface area is 129 Å². The van der Waals surface area contributed by atoms with Crippen molar-refractivity contribution >= 4 is 23.2 Å². The van der Waals surface area contributed by atoms with E-state index in [9.17, 15) is 4.79 Å². The summed E-state index contributed by atoms with van der Waals surface area (Å²) in [6.45, 7) is 1.97. The number of fused-ring (bicyclic) bond motifs is 1. The van der Waals surface area contributed by atoms with Gasteiger partial charge in [-0.2, -0.15) is 0 Å². The molecule has 0 aliphatic carbocycles. The van der Waals surface area contributed by atoms with Crippen molar-refractivity contribution in [2.75, 3.05) is 5.32 Å². The second-order valence-electron chi connectivity index (χ2n) is 5.45. The van der Waals surface area contributed by atoms with Gasteiger partial charge in [0, 0.05) is 17.1 Å². The van der Waals surface area contributed by atoms with Gasteiger partial charge in [0.25, 0.3) is 0 Å². The van der Waals surface area contributed by atoms with Crippen LogP contribution in [0.2, 0.25) is 5.02 Å². The van der Waals surface area contributed by atoms with Crippen LogP contribution in [0, 0.1) is 6.92 Å². The standard InChI is InChI=1S/C17H17ClN2O/c1-10-2-3-13(9-14(10)18)17(19)12-4-6-15-11(8-12)5-7-16(21)20-15/h2-4,6,8-9,17H,5,7,19H2,1H3,(H,20,21). The minimum Gasteiger partial charge on any atom is -0.326 e. The van der Waals surface area contributed by atoms with E-state index in [1.807, 2.05) is 37.3 Å². The van der Waals surface area contributed by atoms with Gasteiger partial charge in [-0.1, -0.05) is 35.9 Å². The van der Waals surface area contributed by atoms with Crippen LogP contribution < -0.4 is 11.1 Å². The average Bonchev–Trinajstić information content (AvgIpc) is 2.49. The fraction of sp³-hybridized carbons (Fsp3) is 0.235. The molecule has 3 N–H and O–H groups in total. The molecule has 1 aliphatic rings. The molecule has 0 aromatic heterocycles. The summed E-state index contributed by atoms with van der Waals surface area (Å²) in [6, 6.07) is 11.7. The Bertz CT molecular complexity index is 712. The van der Waals surface area contributed by atoms with Gasteiger partial charge in [0.15, 0.2) is 0 Å². The van der Waals surface area contributed by atoms with E-state index in [0.717, 1.165) is 39.4 Å². The first kappa shape index (κ1) is 14.1. The zero-order valence-corrected chi connectivity index (χ0v) is 12.6. The normalized spacial score (nSPS) is 15.3. The van der Waals surface area contributed by atoms with Crippen LogP contribution in [0.15, 0.2) is 36.4 Å². The number of aryl methyl sites for hydroxylation is 2. The maximum atomic E-state index is 11.4. The summed E-state index contributed by atoms with van der Waals surface area (Å²) in [5.74, 6) is 0.0739. The first-order valence-electron chi connectivity index (χ1n) is 6.99. The molecule has 2 aromatic rings. The van der Waals surface area contributed by atoms with Crippen LogP contribution >= 0.6 is 11.6 Å². The number of halogens is 1. The number of hydrogen-bond donors (Lipinski definition) is 2. The minimum atomic E-state index is -0.217. The zero-order chi connectivity index (χ0) is 15.0. The summed E-state index contributed by atoms with van der Waals surface area (Å²) in [7, 11) is 0. The first-order valence-corrected chi connectivity index (χ1v) is 7.36. The summed E-state index contributed by atoms with van der Waals surface area (Å²) in [4.78, 5) is 11.4. The quantitative estimate of drug-likeness (QED) is 0.890. The van der Waals surface area contributed by atoms with Crippen molar-refractivity contribution in [2.24, 2.45) is 5.73 Å². The van der Waals surface area contributed by atoms with Crippen molar-refractivity contribution in [3.63, 3.8) is 0 Å². The first-order chi connectivity index (χ1) is 10.0. The van der Waals surface area contributed by atoms with E-state index in [2.05, 4.69) is 11.4 Å². The molecule has 4 heteroatoms. The van der Waals surface area contributed by atoms with Crippen LogP contribution in [-0.4, -0.2) is 5.91 Å². The smallest absolute Gasteiger partial charge is 0.224 e.